The maximum absolute atomic E-state index is 12.4. The van der Waals surface area contributed by atoms with Crippen molar-refractivity contribution in [3.05, 3.63) is 17.0 Å². The molecule has 1 aromatic heterocycles. The van der Waals surface area contributed by atoms with Crippen molar-refractivity contribution >= 4 is 31.2 Å². The van der Waals surface area contributed by atoms with Crippen LogP contribution in [0.25, 0.3) is 0 Å². The van der Waals surface area contributed by atoms with Crippen LogP contribution in [0.4, 0.5) is 0 Å². The topological polar surface area (TPSA) is 92.3 Å². The van der Waals surface area contributed by atoms with Gasteiger partial charge in [-0.05, 0) is 36.9 Å². The highest BCUT2D eigenvalue weighted by Gasteiger charge is 2.41. The molecular formula is C12H20N2O4S3. The highest BCUT2D eigenvalue weighted by molar-refractivity contribution is 7.92. The van der Waals surface area contributed by atoms with Gasteiger partial charge in [-0.15, -0.1) is 11.3 Å². The number of sulfone groups is 1. The van der Waals surface area contributed by atoms with Crippen LogP contribution in [0.2, 0.25) is 0 Å². The molecule has 2 N–H and O–H groups in total. The lowest BCUT2D eigenvalue weighted by molar-refractivity contribution is 0.462. The zero-order valence-corrected chi connectivity index (χ0v) is 14.5. The number of hydrogen-bond acceptors (Lipinski definition) is 6. The molecule has 0 aromatic carbocycles. The van der Waals surface area contributed by atoms with Gasteiger partial charge in [0.25, 0.3) is 10.0 Å². The fourth-order valence-corrected chi connectivity index (χ4v) is 7.15. The molecule has 6 nitrogen and oxygen atoms in total. The van der Waals surface area contributed by atoms with E-state index in [2.05, 4.69) is 10.0 Å². The number of nitrogens with one attached hydrogen (secondary N) is 2. The van der Waals surface area contributed by atoms with Gasteiger partial charge < -0.3 is 5.32 Å². The second-order valence-electron chi connectivity index (χ2n) is 5.56. The van der Waals surface area contributed by atoms with Crippen molar-refractivity contribution in [2.24, 2.45) is 0 Å². The highest BCUT2D eigenvalue weighted by Crippen LogP contribution is 2.27. The van der Waals surface area contributed by atoms with Crippen molar-refractivity contribution in [1.82, 2.24) is 10.0 Å². The van der Waals surface area contributed by atoms with E-state index < -0.39 is 25.4 Å². The summed E-state index contributed by atoms with van der Waals surface area (Å²) in [6, 6.07) is 1.63. The van der Waals surface area contributed by atoms with Gasteiger partial charge in [0.15, 0.2) is 9.84 Å². The van der Waals surface area contributed by atoms with E-state index in [-0.39, 0.29) is 15.7 Å². The molecule has 0 amide bonds. The van der Waals surface area contributed by atoms with Gasteiger partial charge in [-0.1, -0.05) is 6.92 Å². The molecule has 1 unspecified atom stereocenters. The molecule has 0 spiro atoms. The average Bonchev–Trinajstić information content (AvgIpc) is 2.91. The van der Waals surface area contributed by atoms with Crippen LogP contribution in [0.1, 0.15) is 25.8 Å². The summed E-state index contributed by atoms with van der Waals surface area (Å²) in [7, 11) is -6.83. The van der Waals surface area contributed by atoms with Crippen molar-refractivity contribution in [2.75, 3.05) is 18.1 Å². The molecule has 0 aliphatic carbocycles. The average molecular weight is 353 g/mol. The highest BCUT2D eigenvalue weighted by atomic mass is 32.2. The lowest BCUT2D eigenvalue weighted by Gasteiger charge is -2.22. The zero-order chi connectivity index (χ0) is 15.7. The Morgan fingerprint density at radius 2 is 2.14 bits per heavy atom. The van der Waals surface area contributed by atoms with Crippen LogP contribution in [-0.2, 0) is 26.4 Å². The zero-order valence-electron chi connectivity index (χ0n) is 12.0. The fraction of sp³-hybridized carbons (Fsp3) is 0.667. The molecule has 0 bridgehead atoms. The van der Waals surface area contributed by atoms with Crippen LogP contribution < -0.4 is 10.0 Å². The van der Waals surface area contributed by atoms with Crippen molar-refractivity contribution < 1.29 is 16.8 Å². The standard InChI is InChI=1S/C12H20N2O4S3/c1-3-13-7-10-6-11(19-8-10)21(17,18)14-12(2)4-5-20(15,16)9-12/h6,8,13-14H,3-5,7,9H2,1-2H3. The Morgan fingerprint density at radius 3 is 2.71 bits per heavy atom. The minimum absolute atomic E-state index is 0.0299. The Morgan fingerprint density at radius 1 is 1.43 bits per heavy atom. The van der Waals surface area contributed by atoms with E-state index in [4.69, 9.17) is 0 Å². The Hall–Kier alpha value is -0.480. The van der Waals surface area contributed by atoms with Gasteiger partial charge in [-0.25, -0.2) is 21.6 Å². The minimum atomic E-state index is -3.68. The van der Waals surface area contributed by atoms with E-state index in [9.17, 15) is 16.8 Å². The summed E-state index contributed by atoms with van der Waals surface area (Å²) in [6.45, 7) is 5.05. The Bertz CT molecular complexity index is 709. The minimum Gasteiger partial charge on any atom is -0.313 e. The Balaban J connectivity index is 2.13. The van der Waals surface area contributed by atoms with E-state index in [0.717, 1.165) is 23.4 Å². The monoisotopic (exact) mass is 352 g/mol. The summed E-state index contributed by atoms with van der Waals surface area (Å²) in [5.41, 5.74) is -0.00448. The van der Waals surface area contributed by atoms with E-state index in [0.29, 0.717) is 13.0 Å². The normalized spacial score (nSPS) is 25.2. The van der Waals surface area contributed by atoms with Gasteiger partial charge in [-0.3, -0.25) is 0 Å². The molecule has 120 valence electrons. The smallest absolute Gasteiger partial charge is 0.250 e. The molecule has 21 heavy (non-hydrogen) atoms. The third-order valence-electron chi connectivity index (χ3n) is 3.36. The largest absolute Gasteiger partial charge is 0.313 e. The molecule has 1 aromatic rings. The predicted molar refractivity (Wildman–Crippen MR) is 83.7 cm³/mol. The SMILES string of the molecule is CCNCc1csc(S(=O)(=O)NC2(C)CCS(=O)(=O)C2)c1. The van der Waals surface area contributed by atoms with Crippen LogP contribution >= 0.6 is 11.3 Å². The summed E-state index contributed by atoms with van der Waals surface area (Å²) in [5, 5.41) is 4.93. The summed E-state index contributed by atoms with van der Waals surface area (Å²) < 4.78 is 50.6. The summed E-state index contributed by atoms with van der Waals surface area (Å²) >= 11 is 1.15. The van der Waals surface area contributed by atoms with Gasteiger partial charge in [0.05, 0.1) is 11.5 Å². The second-order valence-corrected chi connectivity index (χ2v) is 10.6. The quantitative estimate of drug-likeness (QED) is 0.787. The molecule has 1 saturated heterocycles. The third kappa shape index (κ3) is 4.26. The predicted octanol–water partition coefficient (Wildman–Crippen LogP) is 0.713. The fourth-order valence-electron chi connectivity index (χ4n) is 2.32. The van der Waals surface area contributed by atoms with Gasteiger partial charge >= 0.3 is 0 Å². The molecule has 1 fully saturated rings. The van der Waals surface area contributed by atoms with Gasteiger partial charge in [0, 0.05) is 12.1 Å². The van der Waals surface area contributed by atoms with E-state index in [1.807, 2.05) is 6.92 Å². The maximum atomic E-state index is 12.4. The second kappa shape index (κ2) is 5.96. The number of rotatable bonds is 6. The van der Waals surface area contributed by atoms with Crippen molar-refractivity contribution in [1.29, 1.82) is 0 Å². The molecule has 2 rings (SSSR count). The lowest BCUT2D eigenvalue weighted by Crippen LogP contribution is -2.46. The lowest BCUT2D eigenvalue weighted by atomic mass is 10.0. The van der Waals surface area contributed by atoms with Crippen molar-refractivity contribution in [2.45, 2.75) is 36.6 Å². The summed E-state index contributed by atoms with van der Waals surface area (Å²) in [5.74, 6) is -0.114. The van der Waals surface area contributed by atoms with Crippen molar-refractivity contribution in [3.8, 4) is 0 Å². The van der Waals surface area contributed by atoms with Crippen LogP contribution in [0.5, 0.6) is 0 Å². The molecule has 1 aliphatic heterocycles. The Labute approximate surface area is 129 Å². The first-order valence-electron chi connectivity index (χ1n) is 6.68. The first-order valence-corrected chi connectivity index (χ1v) is 10.9. The van der Waals surface area contributed by atoms with Crippen LogP contribution in [-0.4, -0.2) is 40.4 Å². The van der Waals surface area contributed by atoms with E-state index in [1.165, 1.54) is 0 Å². The van der Waals surface area contributed by atoms with Crippen LogP contribution in [0.15, 0.2) is 15.7 Å². The van der Waals surface area contributed by atoms with Crippen LogP contribution in [0, 0.1) is 0 Å². The van der Waals surface area contributed by atoms with Gasteiger partial charge in [0.1, 0.15) is 4.21 Å². The summed E-state index contributed by atoms with van der Waals surface area (Å²) in [4.78, 5) is 0. The molecule has 0 radical (unpaired) electrons. The molecule has 2 heterocycles. The number of hydrogen-bond donors (Lipinski definition) is 2. The first-order chi connectivity index (χ1) is 9.66. The third-order valence-corrected chi connectivity index (χ3v) is 8.39. The first kappa shape index (κ1) is 16.9. The molecule has 0 saturated carbocycles. The number of sulfonamides is 1. The van der Waals surface area contributed by atoms with E-state index >= 15 is 0 Å². The van der Waals surface area contributed by atoms with Crippen molar-refractivity contribution in [3.63, 3.8) is 0 Å². The molecule has 1 atom stereocenters. The Kier molecular flexibility index (Phi) is 4.79. The molecule has 9 heteroatoms. The maximum Gasteiger partial charge on any atom is 0.250 e. The molecule has 1 aliphatic rings. The number of thiophene rings is 1. The molecular weight excluding hydrogens is 332 g/mol. The van der Waals surface area contributed by atoms with Crippen LogP contribution in [0.3, 0.4) is 0 Å². The van der Waals surface area contributed by atoms with E-state index in [1.54, 1.807) is 18.4 Å². The van der Waals surface area contributed by atoms with Gasteiger partial charge in [-0.2, -0.15) is 0 Å². The van der Waals surface area contributed by atoms with Gasteiger partial charge in [0.2, 0.25) is 0 Å². The summed E-state index contributed by atoms with van der Waals surface area (Å²) in [6.07, 6.45) is 0.310.